The van der Waals surface area contributed by atoms with E-state index >= 15 is 0 Å². The maximum atomic E-state index is 6.37. The smallest absolute Gasteiger partial charge is 0.136 e. The van der Waals surface area contributed by atoms with Crippen LogP contribution in [0, 0.1) is 3.57 Å². The summed E-state index contributed by atoms with van der Waals surface area (Å²) in [6.07, 6.45) is 0. The van der Waals surface area contributed by atoms with Crippen LogP contribution >= 0.6 is 22.6 Å². The standard InChI is InChI=1S/C30H17IO/c31-30-22-12-5-3-10-20(22)27(21-11-4-6-13-23(21)30)24-14-7-15-25-29(24)28-19-9-2-1-8-18(19)16-17-26(28)32-25/h1-17H. The highest BCUT2D eigenvalue weighted by Crippen LogP contribution is 2.45. The Morgan fingerprint density at radius 1 is 0.469 bits per heavy atom. The molecule has 0 radical (unpaired) electrons. The van der Waals surface area contributed by atoms with Gasteiger partial charge in [0, 0.05) is 14.3 Å². The molecule has 0 saturated heterocycles. The lowest BCUT2D eigenvalue weighted by Gasteiger charge is -2.15. The average Bonchev–Trinajstić information content (AvgIpc) is 3.24. The van der Waals surface area contributed by atoms with Crippen molar-refractivity contribution in [2.24, 2.45) is 0 Å². The van der Waals surface area contributed by atoms with Crippen LogP contribution in [0.1, 0.15) is 0 Å². The summed E-state index contributed by atoms with van der Waals surface area (Å²) < 4.78 is 7.67. The molecule has 1 heterocycles. The number of hydrogen-bond acceptors (Lipinski definition) is 1. The predicted octanol–water partition coefficient (Wildman–Crippen LogP) is 9.32. The van der Waals surface area contributed by atoms with Crippen molar-refractivity contribution in [3.8, 4) is 11.1 Å². The largest absolute Gasteiger partial charge is 0.456 e. The first-order valence-electron chi connectivity index (χ1n) is 10.7. The predicted molar refractivity (Wildman–Crippen MR) is 144 cm³/mol. The molecule has 7 aromatic rings. The number of benzene rings is 6. The van der Waals surface area contributed by atoms with E-state index in [1.54, 1.807) is 0 Å². The summed E-state index contributed by atoms with van der Waals surface area (Å²) in [4.78, 5) is 0. The zero-order valence-electron chi connectivity index (χ0n) is 17.1. The molecular formula is C30H17IO. The molecule has 0 unspecified atom stereocenters. The van der Waals surface area contributed by atoms with Crippen LogP contribution in [0.2, 0.25) is 0 Å². The number of furan rings is 1. The third-order valence-electron chi connectivity index (χ3n) is 6.52. The molecule has 0 N–H and O–H groups in total. The Morgan fingerprint density at radius 2 is 1.06 bits per heavy atom. The van der Waals surface area contributed by atoms with Crippen LogP contribution in [0.3, 0.4) is 0 Å². The Morgan fingerprint density at radius 3 is 1.78 bits per heavy atom. The van der Waals surface area contributed by atoms with E-state index in [1.807, 2.05) is 0 Å². The molecule has 0 spiro atoms. The zero-order valence-corrected chi connectivity index (χ0v) is 19.3. The highest BCUT2D eigenvalue weighted by Gasteiger charge is 2.19. The van der Waals surface area contributed by atoms with Gasteiger partial charge >= 0.3 is 0 Å². The van der Waals surface area contributed by atoms with Gasteiger partial charge in [-0.25, -0.2) is 0 Å². The minimum Gasteiger partial charge on any atom is -0.456 e. The lowest BCUT2D eigenvalue weighted by atomic mass is 9.89. The van der Waals surface area contributed by atoms with E-state index < -0.39 is 0 Å². The van der Waals surface area contributed by atoms with Gasteiger partial charge < -0.3 is 4.42 Å². The Balaban J connectivity index is 1.76. The lowest BCUT2D eigenvalue weighted by molar-refractivity contribution is 0.669. The third kappa shape index (κ3) is 2.44. The molecule has 1 nitrogen and oxygen atoms in total. The maximum Gasteiger partial charge on any atom is 0.136 e. The van der Waals surface area contributed by atoms with Gasteiger partial charge in [-0.3, -0.25) is 0 Å². The molecule has 150 valence electrons. The normalized spacial score (nSPS) is 11.9. The molecule has 7 rings (SSSR count). The Bertz CT molecular complexity index is 1780. The van der Waals surface area contributed by atoms with Crippen molar-refractivity contribution in [1.29, 1.82) is 0 Å². The van der Waals surface area contributed by atoms with Gasteiger partial charge in [0.25, 0.3) is 0 Å². The quantitative estimate of drug-likeness (QED) is 0.155. The molecule has 6 aromatic carbocycles. The minimum absolute atomic E-state index is 0.931. The van der Waals surface area contributed by atoms with Crippen LogP contribution in [0.15, 0.2) is 108 Å². The first kappa shape index (κ1) is 18.2. The second-order valence-electron chi connectivity index (χ2n) is 8.22. The second kappa shape index (κ2) is 6.81. The van der Waals surface area contributed by atoms with Crippen molar-refractivity contribution in [1.82, 2.24) is 0 Å². The number of rotatable bonds is 1. The molecule has 0 saturated carbocycles. The van der Waals surface area contributed by atoms with Gasteiger partial charge in [-0.05, 0) is 78.2 Å². The summed E-state index contributed by atoms with van der Waals surface area (Å²) >= 11 is 2.50. The molecule has 0 amide bonds. The molecule has 1 aromatic heterocycles. The van der Waals surface area contributed by atoms with Crippen LogP contribution in [0.25, 0.3) is 65.4 Å². The molecule has 0 aliphatic carbocycles. The van der Waals surface area contributed by atoms with Crippen molar-refractivity contribution >= 4 is 76.8 Å². The van der Waals surface area contributed by atoms with E-state index in [2.05, 4.69) is 126 Å². The van der Waals surface area contributed by atoms with E-state index in [4.69, 9.17) is 4.42 Å². The maximum absolute atomic E-state index is 6.37. The van der Waals surface area contributed by atoms with Crippen LogP contribution in [0.5, 0.6) is 0 Å². The summed E-state index contributed by atoms with van der Waals surface area (Å²) in [6, 6.07) is 36.8. The third-order valence-corrected chi connectivity index (χ3v) is 7.68. The van der Waals surface area contributed by atoms with Crippen molar-refractivity contribution in [2.75, 3.05) is 0 Å². The van der Waals surface area contributed by atoms with Gasteiger partial charge in [-0.1, -0.05) is 91.0 Å². The van der Waals surface area contributed by atoms with Crippen LogP contribution in [0.4, 0.5) is 0 Å². The SMILES string of the molecule is Ic1c2ccccc2c(-c2cccc3oc4ccc5ccccc5c4c23)c2ccccc12. The number of hydrogen-bond donors (Lipinski definition) is 0. The summed E-state index contributed by atoms with van der Waals surface area (Å²) in [5.74, 6) is 0. The van der Waals surface area contributed by atoms with E-state index in [0.717, 1.165) is 11.2 Å². The molecule has 0 fully saturated rings. The van der Waals surface area contributed by atoms with E-state index in [1.165, 1.54) is 57.8 Å². The number of fused-ring (bicyclic) bond motifs is 7. The van der Waals surface area contributed by atoms with E-state index in [9.17, 15) is 0 Å². The first-order valence-corrected chi connectivity index (χ1v) is 11.8. The Hall–Kier alpha value is -3.37. The summed E-state index contributed by atoms with van der Waals surface area (Å²) in [7, 11) is 0. The topological polar surface area (TPSA) is 13.1 Å². The van der Waals surface area contributed by atoms with Gasteiger partial charge in [-0.2, -0.15) is 0 Å². The fraction of sp³-hybridized carbons (Fsp3) is 0. The Labute approximate surface area is 198 Å². The van der Waals surface area contributed by atoms with E-state index in [-0.39, 0.29) is 0 Å². The first-order chi connectivity index (χ1) is 15.8. The monoisotopic (exact) mass is 520 g/mol. The minimum atomic E-state index is 0.931. The molecule has 0 atom stereocenters. The molecule has 0 bridgehead atoms. The summed E-state index contributed by atoms with van der Waals surface area (Å²) in [5, 5.41) is 9.98. The highest BCUT2D eigenvalue weighted by molar-refractivity contribution is 14.1. The molecule has 32 heavy (non-hydrogen) atoms. The Kier molecular flexibility index (Phi) is 3.88. The number of halogens is 1. The van der Waals surface area contributed by atoms with Crippen molar-refractivity contribution in [2.45, 2.75) is 0 Å². The molecule has 0 aliphatic heterocycles. The summed E-state index contributed by atoms with van der Waals surface area (Å²) in [6.45, 7) is 0. The van der Waals surface area contributed by atoms with Crippen LogP contribution in [-0.4, -0.2) is 0 Å². The van der Waals surface area contributed by atoms with Crippen molar-refractivity contribution in [3.63, 3.8) is 0 Å². The van der Waals surface area contributed by atoms with Gasteiger partial charge in [0.2, 0.25) is 0 Å². The zero-order chi connectivity index (χ0) is 21.2. The van der Waals surface area contributed by atoms with E-state index in [0.29, 0.717) is 0 Å². The van der Waals surface area contributed by atoms with Gasteiger partial charge in [0.1, 0.15) is 11.2 Å². The van der Waals surface area contributed by atoms with Crippen LogP contribution < -0.4 is 0 Å². The molecular weight excluding hydrogens is 503 g/mol. The average molecular weight is 520 g/mol. The second-order valence-corrected chi connectivity index (χ2v) is 9.30. The molecule has 0 aliphatic rings. The van der Waals surface area contributed by atoms with Gasteiger partial charge in [-0.15, -0.1) is 0 Å². The van der Waals surface area contributed by atoms with Crippen molar-refractivity contribution < 1.29 is 4.42 Å². The summed E-state index contributed by atoms with van der Waals surface area (Å²) in [5.41, 5.74) is 4.37. The highest BCUT2D eigenvalue weighted by atomic mass is 127. The lowest BCUT2D eigenvalue weighted by Crippen LogP contribution is -1.90. The molecule has 2 heteroatoms. The van der Waals surface area contributed by atoms with Crippen molar-refractivity contribution in [3.05, 3.63) is 107 Å². The van der Waals surface area contributed by atoms with Gasteiger partial charge in [0.05, 0.1) is 0 Å². The fourth-order valence-electron chi connectivity index (χ4n) is 5.16. The van der Waals surface area contributed by atoms with Gasteiger partial charge in [0.15, 0.2) is 0 Å². The van der Waals surface area contributed by atoms with Crippen LogP contribution in [-0.2, 0) is 0 Å². The fourth-order valence-corrected chi connectivity index (χ4v) is 6.10.